The lowest BCUT2D eigenvalue weighted by Gasteiger charge is -2.12. The molecule has 116 valence electrons. The second kappa shape index (κ2) is 7.40. The first-order chi connectivity index (χ1) is 10.6. The number of benzene rings is 1. The van der Waals surface area contributed by atoms with Crippen molar-refractivity contribution in [3.05, 3.63) is 48.0 Å². The molecule has 6 heteroatoms. The maximum Gasteiger partial charge on any atom is 0.328 e. The van der Waals surface area contributed by atoms with Crippen molar-refractivity contribution in [1.82, 2.24) is 4.90 Å². The molecule has 0 radical (unpaired) electrons. The summed E-state index contributed by atoms with van der Waals surface area (Å²) in [7, 11) is 0. The summed E-state index contributed by atoms with van der Waals surface area (Å²) >= 11 is 0. The Morgan fingerprint density at radius 1 is 1.14 bits per heavy atom. The minimum absolute atomic E-state index is 0.558. The molecule has 0 saturated carbocycles. The lowest BCUT2D eigenvalue weighted by atomic mass is 9.98. The van der Waals surface area contributed by atoms with Crippen LogP contribution in [0.5, 0.6) is 0 Å². The van der Waals surface area contributed by atoms with Crippen LogP contribution in [0, 0.1) is 0 Å². The average Bonchev–Trinajstić information content (AvgIpc) is 3.08. The molecule has 3 rings (SSSR count). The van der Waals surface area contributed by atoms with Crippen molar-refractivity contribution in [3.63, 3.8) is 0 Å². The quantitative estimate of drug-likeness (QED) is 0.828. The number of rotatable bonds is 3. The Morgan fingerprint density at radius 3 is 2.32 bits per heavy atom. The van der Waals surface area contributed by atoms with Crippen LogP contribution in [-0.4, -0.2) is 52.5 Å². The summed E-state index contributed by atoms with van der Waals surface area (Å²) in [5.74, 6) is -0.506. The Balaban J connectivity index is 0.000000192. The Labute approximate surface area is 128 Å². The number of carboxylic acid groups (broad SMARTS) is 2. The molecule has 1 unspecified atom stereocenters. The smallest absolute Gasteiger partial charge is 0.328 e. The van der Waals surface area contributed by atoms with Crippen molar-refractivity contribution in [2.75, 3.05) is 19.6 Å². The highest BCUT2D eigenvalue weighted by atomic mass is 16.4. The summed E-state index contributed by atoms with van der Waals surface area (Å²) in [5, 5.41) is 15.6. The molecule has 2 aliphatic heterocycles. The van der Waals surface area contributed by atoms with Crippen molar-refractivity contribution >= 4 is 17.8 Å². The molecule has 1 saturated heterocycles. The number of carbonyl (C=O) groups is 2. The van der Waals surface area contributed by atoms with E-state index in [-0.39, 0.29) is 0 Å². The molecule has 0 aliphatic carbocycles. The summed E-state index contributed by atoms with van der Waals surface area (Å²) in [6.07, 6.45) is 2.26. The van der Waals surface area contributed by atoms with Crippen LogP contribution in [-0.2, 0) is 9.59 Å². The Morgan fingerprint density at radius 2 is 1.77 bits per heavy atom. The number of amidine groups is 1. The maximum absolute atomic E-state index is 9.55. The van der Waals surface area contributed by atoms with Gasteiger partial charge in [0.05, 0.1) is 12.4 Å². The number of fused-ring (bicyclic) bond motifs is 1. The SMILES string of the molecule is O=C(O)/C=C/C(=O)O.c1ccc(C2CC3=NCCN3C2)cc1. The fourth-order valence-corrected chi connectivity index (χ4v) is 2.56. The van der Waals surface area contributed by atoms with Gasteiger partial charge in [0.15, 0.2) is 0 Å². The fraction of sp³-hybridized carbons (Fsp3) is 0.312. The van der Waals surface area contributed by atoms with Gasteiger partial charge in [-0.1, -0.05) is 30.3 Å². The van der Waals surface area contributed by atoms with E-state index in [2.05, 4.69) is 40.2 Å². The molecule has 22 heavy (non-hydrogen) atoms. The van der Waals surface area contributed by atoms with E-state index in [0.29, 0.717) is 18.1 Å². The van der Waals surface area contributed by atoms with Gasteiger partial charge in [-0.3, -0.25) is 4.99 Å². The lowest BCUT2D eigenvalue weighted by molar-refractivity contribution is -0.134. The van der Waals surface area contributed by atoms with Gasteiger partial charge in [0.1, 0.15) is 0 Å². The van der Waals surface area contributed by atoms with E-state index >= 15 is 0 Å². The van der Waals surface area contributed by atoms with Crippen molar-refractivity contribution in [2.45, 2.75) is 12.3 Å². The number of carboxylic acids is 2. The van der Waals surface area contributed by atoms with Crippen molar-refractivity contribution < 1.29 is 19.8 Å². The van der Waals surface area contributed by atoms with Crippen LogP contribution in [0.1, 0.15) is 17.9 Å². The van der Waals surface area contributed by atoms with E-state index in [1.807, 2.05) is 0 Å². The lowest BCUT2D eigenvalue weighted by Crippen LogP contribution is -2.21. The highest BCUT2D eigenvalue weighted by Crippen LogP contribution is 2.30. The van der Waals surface area contributed by atoms with Gasteiger partial charge in [-0.2, -0.15) is 0 Å². The van der Waals surface area contributed by atoms with Crippen LogP contribution in [0.2, 0.25) is 0 Å². The first-order valence-corrected chi connectivity index (χ1v) is 7.03. The number of nitrogens with zero attached hydrogens (tertiary/aromatic N) is 2. The Kier molecular flexibility index (Phi) is 5.30. The minimum Gasteiger partial charge on any atom is -0.478 e. The third kappa shape index (κ3) is 4.44. The van der Waals surface area contributed by atoms with Crippen molar-refractivity contribution in [3.8, 4) is 0 Å². The summed E-state index contributed by atoms with van der Waals surface area (Å²) in [6, 6.07) is 10.8. The zero-order valence-corrected chi connectivity index (χ0v) is 12.1. The van der Waals surface area contributed by atoms with Gasteiger partial charge < -0.3 is 15.1 Å². The standard InChI is InChI=1S/C12H14N2.C4H4O4/c1-2-4-10(5-3-1)11-8-12-13-6-7-14(12)9-11;5-3(6)1-2-4(7)8/h1-5,11H,6-9H2;1-2H,(H,5,6)(H,7,8)/b;2-1+. The number of aliphatic imine (C=N–C) groups is 1. The first-order valence-electron chi connectivity index (χ1n) is 7.03. The van der Waals surface area contributed by atoms with Crippen LogP contribution in [0.25, 0.3) is 0 Å². The first kappa shape index (κ1) is 15.8. The third-order valence-corrected chi connectivity index (χ3v) is 3.54. The molecule has 1 atom stereocenters. The van der Waals surface area contributed by atoms with E-state index in [1.165, 1.54) is 17.9 Å². The molecule has 2 heterocycles. The molecule has 0 spiro atoms. The molecular weight excluding hydrogens is 284 g/mol. The molecule has 1 aromatic rings. The molecular formula is C16H18N2O4. The zero-order chi connectivity index (χ0) is 15.9. The van der Waals surface area contributed by atoms with Gasteiger partial charge in [-0.05, 0) is 5.56 Å². The number of hydrogen-bond acceptors (Lipinski definition) is 4. The van der Waals surface area contributed by atoms with Crippen LogP contribution >= 0.6 is 0 Å². The Hall–Kier alpha value is -2.63. The van der Waals surface area contributed by atoms with E-state index in [0.717, 1.165) is 19.5 Å². The summed E-state index contributed by atoms with van der Waals surface area (Å²) in [4.78, 5) is 26.1. The van der Waals surface area contributed by atoms with E-state index in [9.17, 15) is 9.59 Å². The second-order valence-corrected chi connectivity index (χ2v) is 5.07. The summed E-state index contributed by atoms with van der Waals surface area (Å²) < 4.78 is 0. The topological polar surface area (TPSA) is 90.2 Å². The van der Waals surface area contributed by atoms with Crippen molar-refractivity contribution in [2.24, 2.45) is 4.99 Å². The average molecular weight is 302 g/mol. The van der Waals surface area contributed by atoms with Gasteiger partial charge in [0, 0.05) is 37.6 Å². The minimum atomic E-state index is -1.26. The largest absolute Gasteiger partial charge is 0.478 e. The van der Waals surface area contributed by atoms with E-state index in [4.69, 9.17) is 10.2 Å². The Bertz CT molecular complexity index is 579. The van der Waals surface area contributed by atoms with Gasteiger partial charge in [0.2, 0.25) is 0 Å². The molecule has 0 aromatic heterocycles. The molecule has 0 bridgehead atoms. The van der Waals surface area contributed by atoms with Crippen LogP contribution in [0.15, 0.2) is 47.5 Å². The third-order valence-electron chi connectivity index (χ3n) is 3.54. The van der Waals surface area contributed by atoms with Gasteiger partial charge in [-0.15, -0.1) is 0 Å². The molecule has 0 amide bonds. The molecule has 1 fully saturated rings. The monoisotopic (exact) mass is 302 g/mol. The second-order valence-electron chi connectivity index (χ2n) is 5.07. The molecule has 6 nitrogen and oxygen atoms in total. The summed E-state index contributed by atoms with van der Waals surface area (Å²) in [6.45, 7) is 3.32. The fourth-order valence-electron chi connectivity index (χ4n) is 2.56. The van der Waals surface area contributed by atoms with Crippen LogP contribution in [0.3, 0.4) is 0 Å². The number of aliphatic carboxylic acids is 2. The maximum atomic E-state index is 9.55. The summed E-state index contributed by atoms with van der Waals surface area (Å²) in [5.41, 5.74) is 1.46. The van der Waals surface area contributed by atoms with Gasteiger partial charge >= 0.3 is 11.9 Å². The normalized spacial score (nSPS) is 19.4. The van der Waals surface area contributed by atoms with E-state index in [1.54, 1.807) is 0 Å². The molecule has 1 aromatic carbocycles. The van der Waals surface area contributed by atoms with E-state index < -0.39 is 11.9 Å². The highest BCUT2D eigenvalue weighted by molar-refractivity contribution is 5.89. The van der Waals surface area contributed by atoms with Crippen LogP contribution in [0.4, 0.5) is 0 Å². The molecule has 2 aliphatic rings. The van der Waals surface area contributed by atoms with Crippen LogP contribution < -0.4 is 0 Å². The van der Waals surface area contributed by atoms with Crippen molar-refractivity contribution in [1.29, 1.82) is 0 Å². The zero-order valence-electron chi connectivity index (χ0n) is 12.1. The van der Waals surface area contributed by atoms with Gasteiger partial charge in [-0.25, -0.2) is 9.59 Å². The van der Waals surface area contributed by atoms with Gasteiger partial charge in [0.25, 0.3) is 0 Å². The highest BCUT2D eigenvalue weighted by Gasteiger charge is 2.30. The number of hydrogen-bond donors (Lipinski definition) is 2. The molecule has 2 N–H and O–H groups in total. The predicted octanol–water partition coefficient (Wildman–Crippen LogP) is 1.60. The predicted molar refractivity (Wildman–Crippen MR) is 82.1 cm³/mol.